The Labute approximate surface area is 166 Å². The van der Waals surface area contributed by atoms with E-state index in [0.29, 0.717) is 17.8 Å². The summed E-state index contributed by atoms with van der Waals surface area (Å²) < 4.78 is 9.75. The number of hydrogen-bond donors (Lipinski definition) is 2. The summed E-state index contributed by atoms with van der Waals surface area (Å²) in [4.78, 5) is 46.2. The quantitative estimate of drug-likeness (QED) is 0.393. The molecule has 2 aromatic rings. The highest BCUT2D eigenvalue weighted by atomic mass is 16.6. The van der Waals surface area contributed by atoms with Crippen LogP contribution < -0.4 is 15.4 Å². The SMILES string of the molecule is CCNC(=O)c1cccc(NC(=O)COC(=O)c2ccc(OC)c([N+](=O)[O-])c2)c1. The maximum atomic E-state index is 12.1. The Kier molecular flexibility index (Phi) is 7.24. The number of methoxy groups -OCH3 is 1. The van der Waals surface area contributed by atoms with Crippen molar-refractivity contribution in [3.63, 3.8) is 0 Å². The van der Waals surface area contributed by atoms with Crippen molar-refractivity contribution in [3.05, 3.63) is 63.7 Å². The van der Waals surface area contributed by atoms with Crippen molar-refractivity contribution in [2.75, 3.05) is 25.6 Å². The molecule has 0 aromatic heterocycles. The van der Waals surface area contributed by atoms with Crippen molar-refractivity contribution in [1.82, 2.24) is 5.32 Å². The molecule has 10 nitrogen and oxygen atoms in total. The highest BCUT2D eigenvalue weighted by Gasteiger charge is 2.19. The van der Waals surface area contributed by atoms with E-state index >= 15 is 0 Å². The number of nitro benzene ring substituents is 1. The van der Waals surface area contributed by atoms with Gasteiger partial charge in [-0.05, 0) is 37.3 Å². The van der Waals surface area contributed by atoms with Crippen LogP contribution in [0.3, 0.4) is 0 Å². The lowest BCUT2D eigenvalue weighted by Crippen LogP contribution is -2.23. The third-order valence-corrected chi connectivity index (χ3v) is 3.69. The maximum Gasteiger partial charge on any atom is 0.338 e. The second-order valence-electron chi connectivity index (χ2n) is 5.71. The Balaban J connectivity index is 1.98. The van der Waals surface area contributed by atoms with E-state index in [1.54, 1.807) is 25.1 Å². The van der Waals surface area contributed by atoms with Crippen molar-refractivity contribution >= 4 is 29.2 Å². The molecule has 0 aliphatic heterocycles. The van der Waals surface area contributed by atoms with Gasteiger partial charge in [0.25, 0.3) is 11.8 Å². The van der Waals surface area contributed by atoms with Gasteiger partial charge in [-0.25, -0.2) is 4.79 Å². The van der Waals surface area contributed by atoms with E-state index in [1.165, 1.54) is 25.3 Å². The fourth-order valence-corrected chi connectivity index (χ4v) is 2.37. The standard InChI is InChI=1S/C19H19N3O7/c1-3-20-18(24)12-5-4-6-14(9-12)21-17(23)11-29-19(25)13-7-8-16(28-2)15(10-13)22(26)27/h4-10H,3,11H2,1-2H3,(H,20,24)(H,21,23). The summed E-state index contributed by atoms with van der Waals surface area (Å²) in [5.41, 5.74) is 0.235. The van der Waals surface area contributed by atoms with Crippen LogP contribution in [0.5, 0.6) is 5.75 Å². The molecule has 0 heterocycles. The zero-order valence-electron chi connectivity index (χ0n) is 15.8. The predicted octanol–water partition coefficient (Wildman–Crippen LogP) is 2.15. The number of benzene rings is 2. The first-order valence-corrected chi connectivity index (χ1v) is 8.53. The number of amides is 2. The lowest BCUT2D eigenvalue weighted by atomic mass is 10.2. The predicted molar refractivity (Wildman–Crippen MR) is 103 cm³/mol. The van der Waals surface area contributed by atoms with E-state index in [2.05, 4.69) is 10.6 Å². The Bertz CT molecular complexity index is 943. The third-order valence-electron chi connectivity index (χ3n) is 3.69. The first-order valence-electron chi connectivity index (χ1n) is 8.53. The van der Waals surface area contributed by atoms with Crippen LogP contribution in [0.4, 0.5) is 11.4 Å². The van der Waals surface area contributed by atoms with Gasteiger partial charge in [0.1, 0.15) is 0 Å². The molecule has 0 bridgehead atoms. The van der Waals surface area contributed by atoms with Gasteiger partial charge in [0.2, 0.25) is 0 Å². The number of nitrogens with zero attached hydrogens (tertiary/aromatic N) is 1. The molecule has 2 amide bonds. The number of ether oxygens (including phenoxy) is 2. The van der Waals surface area contributed by atoms with Crippen molar-refractivity contribution in [2.45, 2.75) is 6.92 Å². The summed E-state index contributed by atoms with van der Waals surface area (Å²) in [7, 11) is 1.27. The van der Waals surface area contributed by atoms with E-state index in [9.17, 15) is 24.5 Å². The second-order valence-corrected chi connectivity index (χ2v) is 5.71. The van der Waals surface area contributed by atoms with Gasteiger partial charge in [-0.3, -0.25) is 19.7 Å². The molecule has 0 spiro atoms. The minimum absolute atomic E-state index is 0.00344. The number of nitro groups is 1. The van der Waals surface area contributed by atoms with Crippen LogP contribution >= 0.6 is 0 Å². The minimum atomic E-state index is -0.901. The summed E-state index contributed by atoms with van der Waals surface area (Å²) >= 11 is 0. The van der Waals surface area contributed by atoms with E-state index < -0.39 is 29.1 Å². The molecule has 0 atom stereocenters. The highest BCUT2D eigenvalue weighted by molar-refractivity contribution is 5.98. The number of carbonyl (C=O) groups excluding carboxylic acids is 3. The van der Waals surface area contributed by atoms with E-state index in [-0.39, 0.29) is 17.2 Å². The van der Waals surface area contributed by atoms with Gasteiger partial charge in [0.05, 0.1) is 17.6 Å². The normalized spacial score (nSPS) is 10.0. The maximum absolute atomic E-state index is 12.1. The van der Waals surface area contributed by atoms with Crippen LogP contribution in [0.2, 0.25) is 0 Å². The van der Waals surface area contributed by atoms with Crippen molar-refractivity contribution in [2.24, 2.45) is 0 Å². The van der Waals surface area contributed by atoms with Crippen LogP contribution in [0.25, 0.3) is 0 Å². The summed E-state index contributed by atoms with van der Waals surface area (Å²) in [5, 5.41) is 16.2. The van der Waals surface area contributed by atoms with Crippen LogP contribution in [-0.2, 0) is 9.53 Å². The van der Waals surface area contributed by atoms with Gasteiger partial charge in [-0.2, -0.15) is 0 Å². The van der Waals surface area contributed by atoms with Gasteiger partial charge in [0.15, 0.2) is 12.4 Å². The molecule has 0 radical (unpaired) electrons. The van der Waals surface area contributed by atoms with Gasteiger partial charge >= 0.3 is 11.7 Å². The molecule has 2 aromatic carbocycles. The smallest absolute Gasteiger partial charge is 0.338 e. The average Bonchev–Trinajstić information content (AvgIpc) is 2.71. The second kappa shape index (κ2) is 9.83. The molecule has 0 unspecified atom stereocenters. The Morgan fingerprint density at radius 1 is 1.10 bits per heavy atom. The summed E-state index contributed by atoms with van der Waals surface area (Å²) in [6, 6.07) is 9.82. The minimum Gasteiger partial charge on any atom is -0.490 e. The van der Waals surface area contributed by atoms with Crippen LogP contribution in [0.15, 0.2) is 42.5 Å². The topological polar surface area (TPSA) is 137 Å². The summed E-state index contributed by atoms with van der Waals surface area (Å²) in [5.74, 6) is -1.82. The Hall–Kier alpha value is -3.95. The lowest BCUT2D eigenvalue weighted by molar-refractivity contribution is -0.385. The molecule has 2 N–H and O–H groups in total. The van der Waals surface area contributed by atoms with Gasteiger partial charge < -0.3 is 20.1 Å². The van der Waals surface area contributed by atoms with Crippen LogP contribution in [0, 0.1) is 10.1 Å². The zero-order chi connectivity index (χ0) is 21.4. The Morgan fingerprint density at radius 2 is 1.86 bits per heavy atom. The zero-order valence-corrected chi connectivity index (χ0v) is 15.8. The molecule has 2 rings (SSSR count). The van der Waals surface area contributed by atoms with E-state index in [4.69, 9.17) is 9.47 Å². The number of esters is 1. The molecular weight excluding hydrogens is 382 g/mol. The van der Waals surface area contributed by atoms with Crippen molar-refractivity contribution < 1.29 is 28.8 Å². The third kappa shape index (κ3) is 5.76. The van der Waals surface area contributed by atoms with Gasteiger partial charge in [-0.1, -0.05) is 6.07 Å². The van der Waals surface area contributed by atoms with E-state index in [1.807, 2.05) is 0 Å². The molecule has 0 saturated carbocycles. The lowest BCUT2D eigenvalue weighted by Gasteiger charge is -2.09. The highest BCUT2D eigenvalue weighted by Crippen LogP contribution is 2.27. The fraction of sp³-hybridized carbons (Fsp3) is 0.211. The van der Waals surface area contributed by atoms with Crippen molar-refractivity contribution in [1.29, 1.82) is 0 Å². The molecule has 152 valence electrons. The molecule has 0 aliphatic rings. The Morgan fingerprint density at radius 3 is 2.52 bits per heavy atom. The number of nitrogens with one attached hydrogen (secondary N) is 2. The number of carbonyl (C=O) groups is 3. The first-order chi connectivity index (χ1) is 13.8. The summed E-state index contributed by atoms with van der Waals surface area (Å²) in [6.45, 7) is 1.65. The molecule has 0 saturated heterocycles. The van der Waals surface area contributed by atoms with Crippen LogP contribution in [0.1, 0.15) is 27.6 Å². The number of rotatable bonds is 8. The van der Waals surface area contributed by atoms with Gasteiger partial charge in [0, 0.05) is 23.9 Å². The molecule has 10 heteroatoms. The number of hydrogen-bond acceptors (Lipinski definition) is 7. The molecule has 0 aliphatic carbocycles. The summed E-state index contributed by atoms with van der Waals surface area (Å²) in [6.07, 6.45) is 0. The largest absolute Gasteiger partial charge is 0.490 e. The molecule has 29 heavy (non-hydrogen) atoms. The van der Waals surface area contributed by atoms with E-state index in [0.717, 1.165) is 6.07 Å². The monoisotopic (exact) mass is 401 g/mol. The molecule has 0 fully saturated rings. The molecular formula is C19H19N3O7. The number of anilines is 1. The fourth-order valence-electron chi connectivity index (χ4n) is 2.37. The first kappa shape index (κ1) is 21.4. The van der Waals surface area contributed by atoms with Crippen molar-refractivity contribution in [3.8, 4) is 5.75 Å². The van der Waals surface area contributed by atoms with Gasteiger partial charge in [-0.15, -0.1) is 0 Å². The van der Waals surface area contributed by atoms with Crippen LogP contribution in [-0.4, -0.2) is 43.0 Å². The average molecular weight is 401 g/mol.